The number of hydrogen-bond donors (Lipinski definition) is 7. The first kappa shape index (κ1) is 57.8. The van der Waals surface area contributed by atoms with Crippen molar-refractivity contribution >= 4 is 28.5 Å². The summed E-state index contributed by atoms with van der Waals surface area (Å²) in [6, 6.07) is 10.4. The molecule has 6 fully saturated rings. The Morgan fingerprint density at radius 1 is 0.716 bits per heavy atom. The molecule has 2 saturated heterocycles. The number of hydrogen-bond acceptors (Lipinski definition) is 16. The van der Waals surface area contributed by atoms with Crippen LogP contribution >= 0.6 is 0 Å². The summed E-state index contributed by atoms with van der Waals surface area (Å²) in [4.78, 5) is 38.8. The van der Waals surface area contributed by atoms with Crippen molar-refractivity contribution in [3.05, 3.63) is 53.7 Å². The van der Waals surface area contributed by atoms with Crippen LogP contribution in [0.25, 0.3) is 22.0 Å². The van der Waals surface area contributed by atoms with Gasteiger partial charge in [0.2, 0.25) is 12.5 Å². The number of ketones is 1. The molecule has 1 aromatic heterocycles. The molecule has 4 aliphatic heterocycles. The highest BCUT2D eigenvalue weighted by atomic mass is 16.8. The maximum absolute atomic E-state index is 14.8. The zero-order valence-electron chi connectivity index (χ0n) is 48.2. The average molecular weight is 1130 g/mol. The van der Waals surface area contributed by atoms with Crippen molar-refractivity contribution in [1.82, 2.24) is 0 Å². The molecule has 81 heavy (non-hydrogen) atoms. The molecule has 5 aliphatic carbocycles. The third kappa shape index (κ3) is 9.16. The summed E-state index contributed by atoms with van der Waals surface area (Å²) < 4.78 is 47.8. The van der Waals surface area contributed by atoms with Crippen molar-refractivity contribution in [3.63, 3.8) is 0 Å². The van der Waals surface area contributed by atoms with E-state index in [9.17, 15) is 50.1 Å². The number of carbonyl (C=O) groups is 3. The lowest BCUT2D eigenvalue weighted by atomic mass is 9.33. The van der Waals surface area contributed by atoms with E-state index in [0.29, 0.717) is 25.6 Å². The highest BCUT2D eigenvalue weighted by Crippen LogP contribution is 2.75. The highest BCUT2D eigenvalue weighted by Gasteiger charge is 2.70. The lowest BCUT2D eigenvalue weighted by molar-refractivity contribution is -0.686. The lowest BCUT2D eigenvalue weighted by Gasteiger charge is -2.70. The Morgan fingerprint density at radius 3 is 2.06 bits per heavy atom. The molecule has 7 N–H and O–H groups in total. The number of pyridine rings is 1. The van der Waals surface area contributed by atoms with Gasteiger partial charge in [-0.05, 0) is 143 Å². The Hall–Kier alpha value is -4.96. The summed E-state index contributed by atoms with van der Waals surface area (Å²) in [5, 5.41) is 74.9. The maximum Gasteiger partial charge on any atom is 0.335 e. The molecule has 19 nitrogen and oxygen atoms in total. The van der Waals surface area contributed by atoms with E-state index in [1.165, 1.54) is 35.2 Å². The molecule has 2 aromatic carbocycles. The number of nitrogens with zero attached hydrogens (tertiary/aromatic N) is 1. The number of rotatable bonds is 8. The van der Waals surface area contributed by atoms with Gasteiger partial charge in [-0.25, -0.2) is 9.59 Å². The number of aliphatic hydroxyl groups is 5. The van der Waals surface area contributed by atoms with E-state index in [2.05, 4.69) is 96.5 Å². The first-order valence-corrected chi connectivity index (χ1v) is 28.9. The van der Waals surface area contributed by atoms with Crippen molar-refractivity contribution in [1.29, 1.82) is 0 Å². The van der Waals surface area contributed by atoms with Gasteiger partial charge in [0, 0.05) is 18.4 Å². The molecular formula is C62H82NO18+. The van der Waals surface area contributed by atoms with Gasteiger partial charge in [-0.15, -0.1) is 0 Å². The van der Waals surface area contributed by atoms with Gasteiger partial charge in [-0.3, -0.25) is 4.79 Å². The van der Waals surface area contributed by atoms with Crippen LogP contribution in [-0.2, 0) is 46.3 Å². The largest absolute Gasteiger partial charge is 0.493 e. The number of ether oxygens (including phenoxy) is 8. The van der Waals surface area contributed by atoms with E-state index < -0.39 is 90.3 Å². The van der Waals surface area contributed by atoms with Gasteiger partial charge in [-0.1, -0.05) is 61.0 Å². The number of aromatic nitrogens is 1. The third-order valence-corrected chi connectivity index (χ3v) is 21.9. The van der Waals surface area contributed by atoms with E-state index in [-0.39, 0.29) is 39.3 Å². The Labute approximate surface area is 472 Å². The Kier molecular flexibility index (Phi) is 14.6. The fourth-order valence-electron chi connectivity index (χ4n) is 17.1. The number of methoxy groups -OCH3 is 2. The van der Waals surface area contributed by atoms with Crippen LogP contribution in [-0.4, -0.2) is 142 Å². The number of carboxylic acids is 2. The second kappa shape index (κ2) is 20.4. The van der Waals surface area contributed by atoms with Gasteiger partial charge in [0.15, 0.2) is 66.3 Å². The van der Waals surface area contributed by atoms with Crippen molar-refractivity contribution in [2.75, 3.05) is 21.0 Å². The average Bonchev–Trinajstić information content (AvgIpc) is 1.21. The molecule has 5 heterocycles. The predicted molar refractivity (Wildman–Crippen MR) is 290 cm³/mol. The monoisotopic (exact) mass is 1130 g/mol. The summed E-state index contributed by atoms with van der Waals surface area (Å²) in [7, 11) is 3.34. The second-order valence-corrected chi connectivity index (χ2v) is 27.2. The van der Waals surface area contributed by atoms with Gasteiger partial charge >= 0.3 is 11.9 Å². The fraction of sp³-hybridized carbons (Fsp3) is 0.677. The van der Waals surface area contributed by atoms with E-state index >= 15 is 0 Å². The van der Waals surface area contributed by atoms with Crippen LogP contribution in [0.1, 0.15) is 119 Å². The molecule has 9 aliphatic rings. The van der Waals surface area contributed by atoms with Crippen molar-refractivity contribution in [3.8, 4) is 34.3 Å². The molecule has 12 rings (SSSR count). The zero-order chi connectivity index (χ0) is 58.3. The smallest absolute Gasteiger partial charge is 0.335 e. The highest BCUT2D eigenvalue weighted by molar-refractivity contribution is 5.96. The summed E-state index contributed by atoms with van der Waals surface area (Å²) in [5.41, 5.74) is 4.02. The molecule has 442 valence electrons. The molecule has 18 atom stereocenters. The maximum atomic E-state index is 14.8. The van der Waals surface area contributed by atoms with Gasteiger partial charge in [0.1, 0.15) is 36.6 Å². The van der Waals surface area contributed by atoms with Gasteiger partial charge in [0.25, 0.3) is 0 Å². The van der Waals surface area contributed by atoms with E-state index in [1.807, 2.05) is 6.07 Å². The SMILES string of the molecule is CC1(C)CC[C@]2(C)CC[C@]3(C)C(=CC(=O)[C@@H]4[C@@]5(C)CC[C@H](O[C@@H]6O[C@H](C(=O)O)[C@@H](O)[C@H](O)[C@H]6O[C@@H]6O[C@H](C(=O)O)[C@@H](O)[C@H](O)[C@H]6O)C(C)(C)[C@@H]5CC[C@]43C)[C@H]2C1.COc1ccc2cc3[n+](cc2c1OC)CCc1cc2c(cc1-3)OCO2. The van der Waals surface area contributed by atoms with E-state index in [0.717, 1.165) is 78.8 Å². The molecule has 0 bridgehead atoms. The molecule has 0 radical (unpaired) electrons. The fourth-order valence-corrected chi connectivity index (χ4v) is 17.1. The van der Waals surface area contributed by atoms with Crippen LogP contribution in [0.3, 0.4) is 0 Å². The standard InChI is InChI=1S/C42H64O14.C20H18NO4/c1-37(2)13-14-39(5)15-16-41(7)19(20(39)18-37)17-21(43)32-40(6)11-10-23(38(3,4)22(40)9-12-42(32,41)8)53-36-31(27(47)26(46)30(55-36)34(51)52)56-35-28(48)24(44)25(45)29(54-35)33(49)50;1-22-17-4-3-12-7-16-14-9-19-18(24-11-25-19)8-13(14)5-6-21(16)10-15(12)20(17)23-2/h17,20,22-32,35-36,44-48H,9-16,18H2,1-8H3,(H,49,50)(H,51,52);3-4,7-10H,5-6,11H2,1-2H3/q;+1/t20-,22+,23+,24+,25+,26+,27+,28-,29+,30+,31-,32-,35+,36-,39-,40+,41-,42-;/m1./s1. The Balaban J connectivity index is 0.000000227. The number of aliphatic carboxylic acids is 2. The molecule has 3 aromatic rings. The number of fused-ring (bicyclic) bond motifs is 12. The van der Waals surface area contributed by atoms with Crippen LogP contribution in [0.15, 0.2) is 48.2 Å². The van der Waals surface area contributed by atoms with Crippen molar-refractivity contribution in [2.24, 2.45) is 50.2 Å². The minimum Gasteiger partial charge on any atom is -0.493 e. The minimum absolute atomic E-state index is 0.0120. The number of carboxylic acid groups (broad SMARTS) is 2. The van der Waals surface area contributed by atoms with Crippen molar-refractivity contribution < 1.29 is 92.6 Å². The number of allylic oxidation sites excluding steroid dienone is 2. The quantitative estimate of drug-likeness (QED) is 0.0966. The first-order chi connectivity index (χ1) is 38.1. The third-order valence-electron chi connectivity index (χ3n) is 21.9. The number of benzene rings is 2. The number of aryl methyl sites for hydroxylation is 2. The number of aliphatic hydroxyl groups excluding tert-OH is 5. The number of carbonyl (C=O) groups excluding carboxylic acids is 1. The molecule has 0 amide bonds. The summed E-state index contributed by atoms with van der Waals surface area (Å²) in [6.07, 6.45) is -6.33. The van der Waals surface area contributed by atoms with Crippen LogP contribution in [0.5, 0.6) is 23.0 Å². The van der Waals surface area contributed by atoms with Crippen LogP contribution in [0, 0.1) is 50.2 Å². The minimum atomic E-state index is -2.02. The molecule has 4 saturated carbocycles. The second-order valence-electron chi connectivity index (χ2n) is 27.2. The topological polar surface area (TPSA) is 271 Å². The van der Waals surface area contributed by atoms with E-state index in [1.54, 1.807) is 14.2 Å². The molecule has 0 unspecified atom stereocenters. The molecule has 19 heteroatoms. The Morgan fingerprint density at radius 2 is 1.38 bits per heavy atom. The molecular weight excluding hydrogens is 1050 g/mol. The van der Waals surface area contributed by atoms with Crippen LogP contribution in [0.2, 0.25) is 0 Å². The normalized spacial score (nSPS) is 40.6. The van der Waals surface area contributed by atoms with Crippen molar-refractivity contribution in [2.45, 2.75) is 194 Å². The lowest BCUT2D eigenvalue weighted by Crippen LogP contribution is -2.68. The van der Waals surface area contributed by atoms with Crippen LogP contribution < -0.4 is 23.5 Å². The van der Waals surface area contributed by atoms with Gasteiger partial charge < -0.3 is 73.6 Å². The summed E-state index contributed by atoms with van der Waals surface area (Å²) in [5.74, 6) is 0.300. The van der Waals surface area contributed by atoms with Crippen LogP contribution in [0.4, 0.5) is 0 Å². The zero-order valence-corrected chi connectivity index (χ0v) is 48.2. The van der Waals surface area contributed by atoms with Gasteiger partial charge in [-0.2, -0.15) is 4.57 Å². The predicted octanol–water partition coefficient (Wildman–Crippen LogP) is 6.28. The van der Waals surface area contributed by atoms with E-state index in [4.69, 9.17) is 37.9 Å². The first-order valence-electron chi connectivity index (χ1n) is 28.9. The van der Waals surface area contributed by atoms with Gasteiger partial charge in [0.05, 0.1) is 31.3 Å². The summed E-state index contributed by atoms with van der Waals surface area (Å²) >= 11 is 0. The Bertz CT molecular complexity index is 3030. The summed E-state index contributed by atoms with van der Waals surface area (Å²) in [6.45, 7) is 19.5. The molecule has 0 spiro atoms.